The van der Waals surface area contributed by atoms with E-state index in [1.165, 1.54) is 6.92 Å². The standard InChI is InChI=1S/C18H21ClN2O2/c1-10(8-14-6-5-7-15(19)9-14)20-18(23)17-11(2)16(13(4)22)12(3)21-17/h5-7,9-10,21H,8H2,1-4H3,(H,20,23). The molecule has 0 fully saturated rings. The fourth-order valence-electron chi connectivity index (χ4n) is 2.87. The Balaban J connectivity index is 2.10. The molecule has 2 N–H and O–H groups in total. The van der Waals surface area contributed by atoms with Crippen LogP contribution >= 0.6 is 11.6 Å². The number of carbonyl (C=O) groups excluding carboxylic acids is 2. The lowest BCUT2D eigenvalue weighted by Gasteiger charge is -2.14. The summed E-state index contributed by atoms with van der Waals surface area (Å²) in [5, 5.41) is 3.64. The zero-order valence-electron chi connectivity index (χ0n) is 13.8. The molecule has 0 aliphatic carbocycles. The number of aromatic amines is 1. The molecule has 2 aromatic rings. The molecular weight excluding hydrogens is 312 g/mol. The van der Waals surface area contributed by atoms with Gasteiger partial charge in [-0.3, -0.25) is 9.59 Å². The lowest BCUT2D eigenvalue weighted by atomic mass is 10.1. The topological polar surface area (TPSA) is 62.0 Å². The van der Waals surface area contributed by atoms with Crippen LogP contribution in [-0.2, 0) is 6.42 Å². The summed E-state index contributed by atoms with van der Waals surface area (Å²) in [4.78, 5) is 27.1. The molecule has 0 saturated carbocycles. The number of amides is 1. The van der Waals surface area contributed by atoms with Gasteiger partial charge in [-0.25, -0.2) is 0 Å². The third kappa shape index (κ3) is 4.02. The van der Waals surface area contributed by atoms with Gasteiger partial charge in [-0.15, -0.1) is 0 Å². The minimum absolute atomic E-state index is 0.0396. The smallest absolute Gasteiger partial charge is 0.268 e. The summed E-state index contributed by atoms with van der Waals surface area (Å²) in [6.45, 7) is 7.04. The normalized spacial score (nSPS) is 12.0. The summed E-state index contributed by atoms with van der Waals surface area (Å²) < 4.78 is 0. The van der Waals surface area contributed by atoms with Crippen LogP contribution < -0.4 is 5.32 Å². The lowest BCUT2D eigenvalue weighted by molar-refractivity contribution is 0.0934. The number of halogens is 1. The van der Waals surface area contributed by atoms with Crippen molar-refractivity contribution >= 4 is 23.3 Å². The summed E-state index contributed by atoms with van der Waals surface area (Å²) in [6, 6.07) is 7.53. The highest BCUT2D eigenvalue weighted by Crippen LogP contribution is 2.19. The van der Waals surface area contributed by atoms with Crippen LogP contribution in [0.4, 0.5) is 0 Å². The van der Waals surface area contributed by atoms with Crippen LogP contribution in [0.25, 0.3) is 0 Å². The third-order valence-electron chi connectivity index (χ3n) is 3.83. The molecule has 0 bridgehead atoms. The fourth-order valence-corrected chi connectivity index (χ4v) is 3.08. The minimum Gasteiger partial charge on any atom is -0.354 e. The van der Waals surface area contributed by atoms with Crippen molar-refractivity contribution in [2.45, 2.75) is 40.2 Å². The van der Waals surface area contributed by atoms with Crippen molar-refractivity contribution in [3.05, 3.63) is 57.4 Å². The van der Waals surface area contributed by atoms with Crippen molar-refractivity contribution in [3.8, 4) is 0 Å². The molecule has 23 heavy (non-hydrogen) atoms. The molecule has 4 nitrogen and oxygen atoms in total. The number of aryl methyl sites for hydroxylation is 1. The van der Waals surface area contributed by atoms with E-state index in [9.17, 15) is 9.59 Å². The maximum absolute atomic E-state index is 12.4. The molecule has 0 aliphatic rings. The Morgan fingerprint density at radius 1 is 1.30 bits per heavy atom. The number of nitrogens with one attached hydrogen (secondary N) is 2. The second-order valence-electron chi connectivity index (χ2n) is 5.89. The second kappa shape index (κ2) is 7.01. The second-order valence-corrected chi connectivity index (χ2v) is 6.33. The van der Waals surface area contributed by atoms with Crippen LogP contribution in [0.3, 0.4) is 0 Å². The molecule has 0 aliphatic heterocycles. The lowest BCUT2D eigenvalue weighted by Crippen LogP contribution is -2.34. The van der Waals surface area contributed by atoms with E-state index in [-0.39, 0.29) is 17.7 Å². The summed E-state index contributed by atoms with van der Waals surface area (Å²) >= 11 is 5.98. The van der Waals surface area contributed by atoms with E-state index < -0.39 is 0 Å². The Labute approximate surface area is 141 Å². The first-order valence-electron chi connectivity index (χ1n) is 7.55. The molecule has 1 aromatic carbocycles. The maximum atomic E-state index is 12.4. The van der Waals surface area contributed by atoms with Crippen LogP contribution in [-0.4, -0.2) is 22.7 Å². The van der Waals surface area contributed by atoms with Crippen LogP contribution in [0.1, 0.15) is 51.5 Å². The number of carbonyl (C=O) groups is 2. The Morgan fingerprint density at radius 3 is 2.57 bits per heavy atom. The third-order valence-corrected chi connectivity index (χ3v) is 4.06. The van der Waals surface area contributed by atoms with E-state index in [1.54, 1.807) is 13.8 Å². The van der Waals surface area contributed by atoms with Gasteiger partial charge in [0.1, 0.15) is 5.69 Å². The van der Waals surface area contributed by atoms with Crippen molar-refractivity contribution in [1.29, 1.82) is 0 Å². The number of H-pyrrole nitrogens is 1. The van der Waals surface area contributed by atoms with Crippen molar-refractivity contribution in [2.24, 2.45) is 0 Å². The predicted molar refractivity (Wildman–Crippen MR) is 92.4 cm³/mol. The van der Waals surface area contributed by atoms with Crippen molar-refractivity contribution < 1.29 is 9.59 Å². The van der Waals surface area contributed by atoms with Gasteiger partial charge < -0.3 is 10.3 Å². The SMILES string of the molecule is CC(=O)c1c(C)[nH]c(C(=O)NC(C)Cc2cccc(Cl)c2)c1C. The molecule has 0 radical (unpaired) electrons. The fraction of sp³-hybridized carbons (Fsp3) is 0.333. The molecule has 1 unspecified atom stereocenters. The van der Waals surface area contributed by atoms with E-state index in [0.717, 1.165) is 11.3 Å². The first-order chi connectivity index (χ1) is 10.8. The van der Waals surface area contributed by atoms with Gasteiger partial charge in [0.2, 0.25) is 0 Å². The van der Waals surface area contributed by atoms with Crippen LogP contribution in [0.2, 0.25) is 5.02 Å². The van der Waals surface area contributed by atoms with Gasteiger partial charge in [-0.2, -0.15) is 0 Å². The quantitative estimate of drug-likeness (QED) is 0.817. The summed E-state index contributed by atoms with van der Waals surface area (Å²) in [7, 11) is 0. The number of benzene rings is 1. The Morgan fingerprint density at radius 2 is 2.00 bits per heavy atom. The molecule has 122 valence electrons. The van der Waals surface area contributed by atoms with Crippen LogP contribution in [0, 0.1) is 13.8 Å². The Kier molecular flexibility index (Phi) is 5.26. The van der Waals surface area contributed by atoms with Gasteiger partial charge in [0.25, 0.3) is 5.91 Å². The summed E-state index contributed by atoms with van der Waals surface area (Å²) in [6.07, 6.45) is 0.685. The molecular formula is C18H21ClN2O2. The average molecular weight is 333 g/mol. The van der Waals surface area contributed by atoms with Gasteiger partial charge >= 0.3 is 0 Å². The van der Waals surface area contributed by atoms with E-state index in [0.29, 0.717) is 28.3 Å². The van der Waals surface area contributed by atoms with Crippen LogP contribution in [0.5, 0.6) is 0 Å². The van der Waals surface area contributed by atoms with Crippen LogP contribution in [0.15, 0.2) is 24.3 Å². The zero-order chi connectivity index (χ0) is 17.1. The molecule has 1 heterocycles. The molecule has 2 rings (SSSR count). The van der Waals surface area contributed by atoms with E-state index >= 15 is 0 Å². The molecule has 1 atom stereocenters. The van der Waals surface area contributed by atoms with Crippen molar-refractivity contribution in [1.82, 2.24) is 10.3 Å². The van der Waals surface area contributed by atoms with Gasteiger partial charge in [0.15, 0.2) is 5.78 Å². The van der Waals surface area contributed by atoms with Gasteiger partial charge in [0.05, 0.1) is 0 Å². The number of rotatable bonds is 5. The van der Waals surface area contributed by atoms with E-state index in [2.05, 4.69) is 10.3 Å². The van der Waals surface area contributed by atoms with Gasteiger partial charge in [-0.1, -0.05) is 23.7 Å². The number of hydrogen-bond acceptors (Lipinski definition) is 2. The largest absolute Gasteiger partial charge is 0.354 e. The van der Waals surface area contributed by atoms with E-state index in [4.69, 9.17) is 11.6 Å². The number of hydrogen-bond donors (Lipinski definition) is 2. The highest BCUT2D eigenvalue weighted by atomic mass is 35.5. The van der Waals surface area contributed by atoms with Crippen molar-refractivity contribution in [2.75, 3.05) is 0 Å². The molecule has 1 amide bonds. The highest BCUT2D eigenvalue weighted by molar-refractivity contribution is 6.30. The molecule has 0 spiro atoms. The Hall–Kier alpha value is -2.07. The number of ketones is 1. The summed E-state index contributed by atoms with van der Waals surface area (Å²) in [5.41, 5.74) is 3.53. The van der Waals surface area contributed by atoms with Crippen molar-refractivity contribution in [3.63, 3.8) is 0 Å². The minimum atomic E-state index is -0.201. The average Bonchev–Trinajstić information content (AvgIpc) is 2.73. The van der Waals surface area contributed by atoms with E-state index in [1.807, 2.05) is 31.2 Å². The Bertz CT molecular complexity index is 749. The predicted octanol–water partition coefficient (Wildman–Crippen LogP) is 3.85. The molecule has 1 aromatic heterocycles. The summed E-state index contributed by atoms with van der Waals surface area (Å²) in [5.74, 6) is -0.241. The van der Waals surface area contributed by atoms with Gasteiger partial charge in [0, 0.05) is 22.3 Å². The highest BCUT2D eigenvalue weighted by Gasteiger charge is 2.20. The molecule has 5 heteroatoms. The zero-order valence-corrected chi connectivity index (χ0v) is 14.5. The maximum Gasteiger partial charge on any atom is 0.268 e. The molecule has 0 saturated heterocycles. The monoisotopic (exact) mass is 332 g/mol. The first-order valence-corrected chi connectivity index (χ1v) is 7.92. The number of Topliss-reactive ketones (excluding diaryl/α,β-unsaturated/α-hetero) is 1. The van der Waals surface area contributed by atoms with Gasteiger partial charge in [-0.05, 0) is 57.4 Å². The first kappa shape index (κ1) is 17.3. The number of aromatic nitrogens is 1.